The van der Waals surface area contributed by atoms with E-state index in [2.05, 4.69) is 5.32 Å². The second-order valence-electron chi connectivity index (χ2n) is 7.23. The van der Waals surface area contributed by atoms with E-state index in [1.807, 2.05) is 6.92 Å². The van der Waals surface area contributed by atoms with Crippen molar-refractivity contribution >= 4 is 16.8 Å². The number of aromatic nitrogens is 2. The van der Waals surface area contributed by atoms with Crippen LogP contribution < -0.4 is 21.3 Å². The quantitative estimate of drug-likeness (QED) is 0.483. The fraction of sp³-hybridized carbons (Fsp3) is 0.208. The average Bonchev–Trinajstić information content (AvgIpc) is 3.34. The summed E-state index contributed by atoms with van der Waals surface area (Å²) in [6.07, 6.45) is 1.88. The van der Waals surface area contributed by atoms with Crippen molar-refractivity contribution in [2.75, 3.05) is 7.11 Å². The maximum Gasteiger partial charge on any atom is 0.336 e. The molecule has 2 aromatic carbocycles. The van der Waals surface area contributed by atoms with E-state index in [0.717, 1.165) is 4.57 Å². The van der Waals surface area contributed by atoms with Crippen LogP contribution in [0.2, 0.25) is 0 Å². The molecule has 0 radical (unpaired) electrons. The van der Waals surface area contributed by atoms with Gasteiger partial charge in [0.1, 0.15) is 17.6 Å². The topological polar surface area (TPSA) is 95.5 Å². The highest BCUT2D eigenvalue weighted by Crippen LogP contribution is 2.19. The molecule has 0 saturated heterocycles. The molecule has 0 fully saturated rings. The molecular weight excluding hydrogens is 410 g/mol. The van der Waals surface area contributed by atoms with Gasteiger partial charge in [-0.1, -0.05) is 25.1 Å². The highest BCUT2D eigenvalue weighted by molar-refractivity contribution is 5.84. The van der Waals surface area contributed by atoms with Gasteiger partial charge in [-0.2, -0.15) is 0 Å². The second-order valence-corrected chi connectivity index (χ2v) is 7.23. The van der Waals surface area contributed by atoms with Gasteiger partial charge in [0, 0.05) is 6.07 Å². The second kappa shape index (κ2) is 8.97. The summed E-state index contributed by atoms with van der Waals surface area (Å²) in [6, 6.07) is 16.2. The van der Waals surface area contributed by atoms with Gasteiger partial charge in [-0.15, -0.1) is 0 Å². The van der Waals surface area contributed by atoms with Crippen LogP contribution in [0.5, 0.6) is 5.75 Å². The summed E-state index contributed by atoms with van der Waals surface area (Å²) in [5, 5.41) is 3.16. The Balaban J connectivity index is 1.88. The fourth-order valence-corrected chi connectivity index (χ4v) is 3.75. The number of fused-ring (bicyclic) bond motifs is 1. The van der Waals surface area contributed by atoms with Crippen molar-refractivity contribution in [1.82, 2.24) is 14.5 Å². The number of methoxy groups -OCH3 is 1. The van der Waals surface area contributed by atoms with E-state index in [9.17, 15) is 14.4 Å². The Labute approximate surface area is 183 Å². The van der Waals surface area contributed by atoms with Gasteiger partial charge in [-0.3, -0.25) is 14.2 Å². The van der Waals surface area contributed by atoms with E-state index in [0.29, 0.717) is 34.5 Å². The Bertz CT molecular complexity index is 1370. The Morgan fingerprint density at radius 3 is 2.62 bits per heavy atom. The summed E-state index contributed by atoms with van der Waals surface area (Å²) in [6.45, 7) is 2.02. The first-order valence-electron chi connectivity index (χ1n) is 10.3. The Kier molecular flexibility index (Phi) is 5.93. The SMILES string of the molecule is CCC(C(=O)NCc1ccco1)n1c(=O)n(-c2cccc(OC)c2)c(=O)c2ccccc21. The van der Waals surface area contributed by atoms with Crippen LogP contribution in [-0.2, 0) is 11.3 Å². The monoisotopic (exact) mass is 433 g/mol. The van der Waals surface area contributed by atoms with E-state index in [1.165, 1.54) is 17.9 Å². The first-order chi connectivity index (χ1) is 15.5. The van der Waals surface area contributed by atoms with Gasteiger partial charge >= 0.3 is 5.69 Å². The number of rotatable bonds is 7. The number of amides is 1. The molecule has 0 aliphatic carbocycles. The maximum atomic E-state index is 13.6. The van der Waals surface area contributed by atoms with Gasteiger partial charge in [0.15, 0.2) is 0 Å². The van der Waals surface area contributed by atoms with E-state index >= 15 is 0 Å². The standard InChI is InChI=1S/C24H23N3O5/c1-3-20(22(28)25-15-18-10-7-13-32-18)27-21-12-5-4-11-19(21)23(29)26(24(27)30)16-8-6-9-17(14-16)31-2/h4-14,20H,3,15H2,1-2H3,(H,25,28). The lowest BCUT2D eigenvalue weighted by Crippen LogP contribution is -2.44. The minimum absolute atomic E-state index is 0.199. The molecule has 0 spiro atoms. The number of benzene rings is 2. The van der Waals surface area contributed by atoms with Crippen LogP contribution in [0.15, 0.2) is 80.9 Å². The molecule has 1 amide bonds. The normalized spacial score (nSPS) is 11.9. The molecule has 8 heteroatoms. The fourth-order valence-electron chi connectivity index (χ4n) is 3.75. The third-order valence-corrected chi connectivity index (χ3v) is 5.32. The Hall–Kier alpha value is -4.07. The minimum atomic E-state index is -0.820. The number of carbonyl (C=O) groups is 1. The maximum absolute atomic E-state index is 13.6. The van der Waals surface area contributed by atoms with Gasteiger partial charge < -0.3 is 14.5 Å². The number of nitrogens with one attached hydrogen (secondary N) is 1. The van der Waals surface area contributed by atoms with E-state index in [4.69, 9.17) is 9.15 Å². The summed E-state index contributed by atoms with van der Waals surface area (Å²) in [7, 11) is 1.51. The van der Waals surface area contributed by atoms with E-state index in [-0.39, 0.29) is 12.5 Å². The zero-order valence-corrected chi connectivity index (χ0v) is 17.8. The van der Waals surface area contributed by atoms with Crippen molar-refractivity contribution in [3.8, 4) is 11.4 Å². The molecule has 1 unspecified atom stereocenters. The van der Waals surface area contributed by atoms with Crippen molar-refractivity contribution < 1.29 is 13.9 Å². The number of hydrogen-bond acceptors (Lipinski definition) is 5. The highest BCUT2D eigenvalue weighted by Gasteiger charge is 2.25. The van der Waals surface area contributed by atoms with Crippen molar-refractivity contribution in [2.45, 2.75) is 25.9 Å². The van der Waals surface area contributed by atoms with Gasteiger partial charge in [-0.05, 0) is 42.8 Å². The predicted octanol–water partition coefficient (Wildman–Crippen LogP) is 3.02. The van der Waals surface area contributed by atoms with Crippen LogP contribution in [0.25, 0.3) is 16.6 Å². The van der Waals surface area contributed by atoms with Crippen LogP contribution >= 0.6 is 0 Å². The summed E-state index contributed by atoms with van der Waals surface area (Å²) in [5.74, 6) is 0.774. The van der Waals surface area contributed by atoms with Crippen LogP contribution in [0.4, 0.5) is 0 Å². The molecule has 2 aromatic heterocycles. The lowest BCUT2D eigenvalue weighted by molar-refractivity contribution is -0.124. The highest BCUT2D eigenvalue weighted by atomic mass is 16.5. The smallest absolute Gasteiger partial charge is 0.336 e. The average molecular weight is 433 g/mol. The molecule has 1 atom stereocenters. The lowest BCUT2D eigenvalue weighted by Gasteiger charge is -2.21. The minimum Gasteiger partial charge on any atom is -0.497 e. The molecular formula is C24H23N3O5. The van der Waals surface area contributed by atoms with E-state index in [1.54, 1.807) is 60.7 Å². The van der Waals surface area contributed by atoms with Crippen LogP contribution in [0.1, 0.15) is 25.1 Å². The van der Waals surface area contributed by atoms with Gasteiger partial charge in [0.25, 0.3) is 5.56 Å². The molecule has 2 heterocycles. The number of carbonyl (C=O) groups excluding carboxylic acids is 1. The molecule has 1 N–H and O–H groups in total. The third-order valence-electron chi connectivity index (χ3n) is 5.32. The molecule has 164 valence electrons. The van der Waals surface area contributed by atoms with Crippen LogP contribution in [0.3, 0.4) is 0 Å². The largest absolute Gasteiger partial charge is 0.497 e. The molecule has 0 aliphatic rings. The van der Waals surface area contributed by atoms with Crippen molar-refractivity contribution in [2.24, 2.45) is 0 Å². The van der Waals surface area contributed by atoms with Crippen LogP contribution in [0, 0.1) is 0 Å². The first-order valence-corrected chi connectivity index (χ1v) is 10.3. The van der Waals surface area contributed by atoms with Crippen LogP contribution in [-0.4, -0.2) is 22.2 Å². The molecule has 32 heavy (non-hydrogen) atoms. The molecule has 4 aromatic rings. The van der Waals surface area contributed by atoms with Gasteiger partial charge in [-0.25, -0.2) is 9.36 Å². The number of para-hydroxylation sites is 1. The molecule has 4 rings (SSSR count). The molecule has 0 saturated carbocycles. The zero-order valence-electron chi connectivity index (χ0n) is 17.8. The zero-order chi connectivity index (χ0) is 22.7. The molecule has 8 nitrogen and oxygen atoms in total. The number of nitrogens with zero attached hydrogens (tertiary/aromatic N) is 2. The van der Waals surface area contributed by atoms with Crippen molar-refractivity contribution in [3.63, 3.8) is 0 Å². The predicted molar refractivity (Wildman–Crippen MR) is 120 cm³/mol. The summed E-state index contributed by atoms with van der Waals surface area (Å²) in [4.78, 5) is 40.0. The van der Waals surface area contributed by atoms with E-state index < -0.39 is 17.3 Å². The van der Waals surface area contributed by atoms with Crippen molar-refractivity contribution in [3.05, 3.63) is 93.5 Å². The Morgan fingerprint density at radius 2 is 1.91 bits per heavy atom. The number of ether oxygens (including phenoxy) is 1. The summed E-state index contributed by atoms with van der Waals surface area (Å²) >= 11 is 0. The number of furan rings is 1. The first kappa shape index (κ1) is 21.2. The molecule has 0 aliphatic heterocycles. The number of hydrogen-bond donors (Lipinski definition) is 1. The van der Waals surface area contributed by atoms with Gasteiger partial charge in [0.05, 0.1) is 36.5 Å². The molecule has 0 bridgehead atoms. The third kappa shape index (κ3) is 3.82. The Morgan fingerprint density at radius 1 is 1.09 bits per heavy atom. The lowest BCUT2D eigenvalue weighted by atomic mass is 10.1. The van der Waals surface area contributed by atoms with Crippen molar-refractivity contribution in [1.29, 1.82) is 0 Å². The summed E-state index contributed by atoms with van der Waals surface area (Å²) in [5.41, 5.74) is -0.283. The van der Waals surface area contributed by atoms with Gasteiger partial charge in [0.2, 0.25) is 5.91 Å². The summed E-state index contributed by atoms with van der Waals surface area (Å²) < 4.78 is 13.0.